The van der Waals surface area contributed by atoms with Crippen LogP contribution in [0.2, 0.25) is 0 Å². The molecule has 0 saturated carbocycles. The summed E-state index contributed by atoms with van der Waals surface area (Å²) in [6.07, 6.45) is 34.7. The zero-order chi connectivity index (χ0) is 28.9. The summed E-state index contributed by atoms with van der Waals surface area (Å²) < 4.78 is 0. The molecule has 0 spiro atoms. The number of unbranched alkanes of at least 4 members (excludes halogenated alkanes) is 16. The van der Waals surface area contributed by atoms with Crippen LogP contribution in [0.4, 0.5) is 0 Å². The molecule has 0 heterocycles. The van der Waals surface area contributed by atoms with E-state index in [0.29, 0.717) is 0 Å². The van der Waals surface area contributed by atoms with Crippen LogP contribution in [-0.2, 0) is 16.5 Å². The molecule has 0 N–H and O–H groups in total. The monoisotopic (exact) mass is 644 g/mol. The zero-order valence-corrected chi connectivity index (χ0v) is 30.6. The first-order chi connectivity index (χ1) is 19.8. The first kappa shape index (κ1) is 41.1. The molecule has 0 aliphatic carbocycles. The Morgan fingerprint density at radius 3 is 1.20 bits per heavy atom. The van der Waals surface area contributed by atoms with Gasteiger partial charge in [0.2, 0.25) is 0 Å². The van der Waals surface area contributed by atoms with Crippen molar-refractivity contribution < 1.29 is 16.5 Å². The van der Waals surface area contributed by atoms with Crippen LogP contribution in [0.1, 0.15) is 156 Å². The van der Waals surface area contributed by atoms with Crippen molar-refractivity contribution in [2.24, 2.45) is 0 Å². The van der Waals surface area contributed by atoms with Crippen molar-refractivity contribution >= 4 is 26.5 Å². The Bertz CT molecular complexity index is 631. The third kappa shape index (κ3) is 22.3. The van der Waals surface area contributed by atoms with E-state index in [1.807, 2.05) is 40.9 Å². The molecule has 2 aromatic carbocycles. The maximum absolute atomic E-state index is 2.59. The maximum atomic E-state index is 2.59. The van der Waals surface area contributed by atoms with Crippen molar-refractivity contribution in [1.82, 2.24) is 0 Å². The van der Waals surface area contributed by atoms with E-state index in [4.69, 9.17) is 0 Å². The fourth-order valence-electron chi connectivity index (χ4n) is 5.59. The average Bonchev–Trinajstić information content (AvgIpc) is 3.71. The Kier molecular flexibility index (Phi) is 31.5. The van der Waals surface area contributed by atoms with Gasteiger partial charge >= 0.3 is 0 Å². The quantitative estimate of drug-likeness (QED) is 0.0413. The summed E-state index contributed by atoms with van der Waals surface area (Å²) in [7, 11) is 0.108. The molecule has 0 nitrogen and oxygen atoms in total. The van der Waals surface area contributed by atoms with Crippen molar-refractivity contribution in [2.45, 2.75) is 156 Å². The minimum absolute atomic E-state index is 0. The van der Waals surface area contributed by atoms with E-state index in [-0.39, 0.29) is 32.3 Å². The Morgan fingerprint density at radius 1 is 0.488 bits per heavy atom. The van der Waals surface area contributed by atoms with E-state index in [1.54, 1.807) is 0 Å². The predicted molar refractivity (Wildman–Crippen MR) is 192 cm³/mol. The third-order valence-corrected chi connectivity index (χ3v) is 13.9. The fraction of sp³-hybridized carbons (Fsp3) is 0.737. The second kappa shape index (κ2) is 31.5. The smallest absolute Gasteiger partial charge is 0 e. The Morgan fingerprint density at radius 2 is 0.829 bits per heavy atom. The molecule has 2 aromatic rings. The SMILES string of the molecule is CCCCCCCP(CCCCCCC)c1ccc[c-]1P(CCCCCCC)CCCCCCC.[Ni].[cH-]1[cH-][cH-][cH-][cH-]1. The van der Waals surface area contributed by atoms with E-state index in [9.17, 15) is 0 Å². The van der Waals surface area contributed by atoms with Crippen molar-refractivity contribution in [3.05, 3.63) is 48.5 Å². The summed E-state index contributed by atoms with van der Waals surface area (Å²) in [6.45, 7) is 9.36. The van der Waals surface area contributed by atoms with Crippen LogP contribution >= 0.6 is 15.8 Å². The van der Waals surface area contributed by atoms with Crippen LogP contribution in [-0.4, -0.2) is 24.6 Å². The van der Waals surface area contributed by atoms with Gasteiger partial charge in [0.05, 0.1) is 0 Å². The van der Waals surface area contributed by atoms with Gasteiger partial charge in [-0.2, -0.15) is 6.07 Å². The molecule has 246 valence electrons. The number of hydrogen-bond acceptors (Lipinski definition) is 0. The summed E-state index contributed by atoms with van der Waals surface area (Å²) in [5.74, 6) is 0. The molecule has 41 heavy (non-hydrogen) atoms. The largest absolute Gasteiger partial charge is 0.748 e. The van der Waals surface area contributed by atoms with Crippen LogP contribution < -0.4 is 10.6 Å². The number of rotatable bonds is 26. The molecule has 0 bridgehead atoms. The first-order valence-corrected chi connectivity index (χ1v) is 21.1. The van der Waals surface area contributed by atoms with Crippen molar-refractivity contribution in [1.29, 1.82) is 0 Å². The average molecular weight is 646 g/mol. The summed E-state index contributed by atoms with van der Waals surface area (Å²) in [5, 5.41) is 3.72. The molecule has 0 fully saturated rings. The molecule has 2 rings (SSSR count). The maximum Gasteiger partial charge on any atom is 0 e. The molecule has 0 aliphatic rings. The standard InChI is InChI=1S/C33H63P2.C5H5.Ni/c1-5-9-13-17-21-28-34(29-22-18-14-10-6-2)32-26-25-27-33(32)35(30-23-19-15-11-7-3)31-24-20-16-12-8-4;1-2-4-5-3-1;/h25-27H,5-24,28-31H2,1-4H3;1-5H;/q-1;-5;. The van der Waals surface area contributed by atoms with Gasteiger partial charge in [-0.15, -0.1) is 26.5 Å². The van der Waals surface area contributed by atoms with Crippen molar-refractivity contribution in [2.75, 3.05) is 24.6 Å². The van der Waals surface area contributed by atoms with Gasteiger partial charge in [-0.25, -0.2) is 12.1 Å². The summed E-state index contributed by atoms with van der Waals surface area (Å²) in [6, 6.07) is 17.6. The van der Waals surface area contributed by atoms with Gasteiger partial charge in [0.15, 0.2) is 0 Å². The second-order valence-corrected chi connectivity index (χ2v) is 16.8. The van der Waals surface area contributed by atoms with Crippen LogP contribution in [0.25, 0.3) is 0 Å². The molecule has 0 unspecified atom stereocenters. The molecule has 0 aliphatic heterocycles. The normalized spacial score (nSPS) is 11.1. The molecule has 3 heteroatoms. The van der Waals surface area contributed by atoms with Gasteiger partial charge in [0.1, 0.15) is 0 Å². The van der Waals surface area contributed by atoms with Crippen LogP contribution in [0.3, 0.4) is 0 Å². The van der Waals surface area contributed by atoms with Gasteiger partial charge in [0, 0.05) is 16.5 Å². The van der Waals surface area contributed by atoms with Crippen LogP contribution in [0.15, 0.2) is 48.5 Å². The Labute approximate surface area is 271 Å². The molecule has 0 saturated heterocycles. The molecular formula is C38H68NiP2-6. The van der Waals surface area contributed by atoms with E-state index in [1.165, 1.54) is 153 Å². The van der Waals surface area contributed by atoms with E-state index in [0.717, 1.165) is 0 Å². The van der Waals surface area contributed by atoms with Crippen LogP contribution in [0, 0.1) is 0 Å². The molecule has 0 aromatic heterocycles. The van der Waals surface area contributed by atoms with Gasteiger partial charge in [0.25, 0.3) is 0 Å². The van der Waals surface area contributed by atoms with Gasteiger partial charge < -0.3 is 30.3 Å². The topological polar surface area (TPSA) is 0 Å². The van der Waals surface area contributed by atoms with E-state index in [2.05, 4.69) is 45.9 Å². The van der Waals surface area contributed by atoms with Crippen molar-refractivity contribution in [3.8, 4) is 0 Å². The summed E-state index contributed by atoms with van der Waals surface area (Å²) in [5.41, 5.74) is 0. The summed E-state index contributed by atoms with van der Waals surface area (Å²) >= 11 is 0. The van der Waals surface area contributed by atoms with Gasteiger partial charge in [-0.1, -0.05) is 130 Å². The Hall–Kier alpha value is 0.0535. The predicted octanol–water partition coefficient (Wildman–Crippen LogP) is 12.9. The summed E-state index contributed by atoms with van der Waals surface area (Å²) in [4.78, 5) is 0. The minimum atomic E-state index is 0. The molecule has 0 radical (unpaired) electrons. The van der Waals surface area contributed by atoms with Crippen molar-refractivity contribution in [3.63, 3.8) is 0 Å². The van der Waals surface area contributed by atoms with Crippen LogP contribution in [0.5, 0.6) is 0 Å². The van der Waals surface area contributed by atoms with E-state index < -0.39 is 0 Å². The first-order valence-electron chi connectivity index (χ1n) is 17.7. The fourth-order valence-corrected chi connectivity index (χ4v) is 11.7. The zero-order valence-electron chi connectivity index (χ0n) is 27.8. The number of hydrogen-bond donors (Lipinski definition) is 0. The third-order valence-electron chi connectivity index (χ3n) is 8.13. The molecular weight excluding hydrogens is 577 g/mol. The molecule has 0 amide bonds. The second-order valence-electron chi connectivity index (χ2n) is 11.9. The van der Waals surface area contributed by atoms with Gasteiger partial charge in [-0.3, -0.25) is 0 Å². The molecule has 0 atom stereocenters. The van der Waals surface area contributed by atoms with Gasteiger partial charge in [-0.05, 0) is 50.3 Å². The minimum Gasteiger partial charge on any atom is -0.748 e. The Balaban J connectivity index is 0.00000239. The van der Waals surface area contributed by atoms with E-state index >= 15 is 0 Å².